The van der Waals surface area contributed by atoms with Crippen LogP contribution in [-0.2, 0) is 6.42 Å². The van der Waals surface area contributed by atoms with Crippen LogP contribution in [-0.4, -0.2) is 34.4 Å². The van der Waals surface area contributed by atoms with E-state index in [2.05, 4.69) is 20.9 Å². The lowest BCUT2D eigenvalue weighted by molar-refractivity contribution is 0.0940. The zero-order valence-corrected chi connectivity index (χ0v) is 13.9. The van der Waals surface area contributed by atoms with E-state index in [1.165, 1.54) is 5.56 Å². The number of carbonyl (C=O) groups excluding carboxylic acids is 1. The van der Waals surface area contributed by atoms with E-state index in [0.717, 1.165) is 17.5 Å². The van der Waals surface area contributed by atoms with Gasteiger partial charge in [0.1, 0.15) is 0 Å². The first kappa shape index (κ1) is 16.4. The van der Waals surface area contributed by atoms with E-state index < -0.39 is 0 Å². The summed E-state index contributed by atoms with van der Waals surface area (Å²) >= 11 is 1.64. The van der Waals surface area contributed by atoms with Crippen molar-refractivity contribution in [3.63, 3.8) is 0 Å². The van der Waals surface area contributed by atoms with Crippen LogP contribution in [0.15, 0.2) is 53.5 Å². The Morgan fingerprint density at radius 2 is 2.25 bits per heavy atom. The number of amides is 1. The molecule has 3 aromatic rings. The summed E-state index contributed by atoms with van der Waals surface area (Å²) in [7, 11) is 0. The molecule has 0 radical (unpaired) electrons. The number of benzene rings is 1. The van der Waals surface area contributed by atoms with E-state index in [1.54, 1.807) is 29.8 Å². The number of rotatable bonds is 7. The Balaban J connectivity index is 1.61. The highest BCUT2D eigenvalue weighted by atomic mass is 32.1. The van der Waals surface area contributed by atoms with Gasteiger partial charge in [-0.15, -0.1) is 0 Å². The Morgan fingerprint density at radius 3 is 2.96 bits per heavy atom. The van der Waals surface area contributed by atoms with Gasteiger partial charge in [0, 0.05) is 36.4 Å². The number of aliphatic hydroxyl groups is 1. The summed E-state index contributed by atoms with van der Waals surface area (Å²) in [5.41, 5.74) is 3.67. The molecule has 1 aromatic carbocycles. The number of hydrogen-bond acceptors (Lipinski definition) is 4. The molecular weight excluding hydrogens is 322 g/mol. The predicted octanol–water partition coefficient (Wildman–Crippen LogP) is 2.72. The van der Waals surface area contributed by atoms with E-state index >= 15 is 0 Å². The molecule has 0 bridgehead atoms. The Hall–Kier alpha value is -2.44. The van der Waals surface area contributed by atoms with E-state index in [4.69, 9.17) is 0 Å². The fourth-order valence-corrected chi connectivity index (χ4v) is 3.21. The summed E-state index contributed by atoms with van der Waals surface area (Å²) in [5.74, 6) is -0.121. The number of nitrogens with one attached hydrogen (secondary N) is 2. The van der Waals surface area contributed by atoms with Crippen molar-refractivity contribution in [1.82, 2.24) is 15.5 Å². The van der Waals surface area contributed by atoms with Crippen LogP contribution in [0.2, 0.25) is 0 Å². The van der Waals surface area contributed by atoms with Crippen molar-refractivity contribution in [1.29, 1.82) is 0 Å². The average molecular weight is 341 g/mol. The lowest BCUT2D eigenvalue weighted by Gasteiger charge is -2.14. The fourth-order valence-electron chi connectivity index (χ4n) is 2.53. The number of aliphatic hydroxyl groups excluding tert-OH is 1. The lowest BCUT2D eigenvalue weighted by atomic mass is 10.0. The van der Waals surface area contributed by atoms with Gasteiger partial charge < -0.3 is 10.4 Å². The Bertz CT molecular complexity index is 769. The van der Waals surface area contributed by atoms with Gasteiger partial charge in [0.05, 0.1) is 6.20 Å². The minimum absolute atomic E-state index is 0.0145. The molecule has 6 heteroatoms. The van der Waals surface area contributed by atoms with E-state index in [0.29, 0.717) is 12.1 Å². The molecule has 2 heterocycles. The van der Waals surface area contributed by atoms with Gasteiger partial charge in [0.15, 0.2) is 0 Å². The lowest BCUT2D eigenvalue weighted by Crippen LogP contribution is -2.31. The van der Waals surface area contributed by atoms with Crippen LogP contribution in [0, 0.1) is 5.92 Å². The van der Waals surface area contributed by atoms with Crippen LogP contribution in [0.25, 0.3) is 11.1 Å². The van der Waals surface area contributed by atoms with Crippen molar-refractivity contribution in [2.75, 3.05) is 13.2 Å². The maximum absolute atomic E-state index is 12.4. The van der Waals surface area contributed by atoms with Crippen molar-refractivity contribution in [2.24, 2.45) is 5.92 Å². The molecular formula is C18H19N3O2S. The first-order valence-electron chi connectivity index (χ1n) is 7.75. The third-order valence-electron chi connectivity index (χ3n) is 3.87. The van der Waals surface area contributed by atoms with Crippen LogP contribution < -0.4 is 5.32 Å². The topological polar surface area (TPSA) is 78.0 Å². The number of aromatic nitrogens is 2. The molecule has 124 valence electrons. The van der Waals surface area contributed by atoms with Crippen LogP contribution in [0.3, 0.4) is 0 Å². The van der Waals surface area contributed by atoms with Gasteiger partial charge >= 0.3 is 0 Å². The summed E-state index contributed by atoms with van der Waals surface area (Å²) < 4.78 is 0. The monoisotopic (exact) mass is 341 g/mol. The molecule has 24 heavy (non-hydrogen) atoms. The summed E-state index contributed by atoms with van der Waals surface area (Å²) in [5, 5.41) is 23.2. The zero-order chi connectivity index (χ0) is 16.8. The molecule has 0 aliphatic carbocycles. The molecule has 0 saturated heterocycles. The van der Waals surface area contributed by atoms with Crippen LogP contribution in [0.4, 0.5) is 0 Å². The predicted molar refractivity (Wildman–Crippen MR) is 95.0 cm³/mol. The summed E-state index contributed by atoms with van der Waals surface area (Å²) in [4.78, 5) is 12.4. The molecule has 2 aromatic heterocycles. The highest BCUT2D eigenvalue weighted by Crippen LogP contribution is 2.19. The van der Waals surface area contributed by atoms with Gasteiger partial charge in [-0.3, -0.25) is 9.89 Å². The zero-order valence-electron chi connectivity index (χ0n) is 13.1. The molecule has 3 N–H and O–H groups in total. The number of carbonyl (C=O) groups is 1. The second kappa shape index (κ2) is 7.90. The molecule has 3 rings (SSSR count). The largest absolute Gasteiger partial charge is 0.396 e. The Kier molecular flexibility index (Phi) is 5.40. The van der Waals surface area contributed by atoms with Crippen LogP contribution in [0.1, 0.15) is 15.9 Å². The van der Waals surface area contributed by atoms with E-state index in [-0.39, 0.29) is 18.4 Å². The van der Waals surface area contributed by atoms with Gasteiger partial charge in [-0.05, 0) is 46.5 Å². The number of aromatic amines is 1. The van der Waals surface area contributed by atoms with Crippen LogP contribution in [0.5, 0.6) is 0 Å². The van der Waals surface area contributed by atoms with Crippen molar-refractivity contribution in [3.05, 3.63) is 64.6 Å². The van der Waals surface area contributed by atoms with E-state index in [1.807, 2.05) is 29.6 Å². The van der Waals surface area contributed by atoms with Gasteiger partial charge in [-0.25, -0.2) is 0 Å². The van der Waals surface area contributed by atoms with Crippen molar-refractivity contribution >= 4 is 17.2 Å². The van der Waals surface area contributed by atoms with Gasteiger partial charge in [-0.1, -0.05) is 12.1 Å². The number of hydrogen-bond donors (Lipinski definition) is 3. The smallest absolute Gasteiger partial charge is 0.251 e. The molecule has 0 aliphatic rings. The second-order valence-electron chi connectivity index (χ2n) is 5.66. The highest BCUT2D eigenvalue weighted by Gasteiger charge is 2.13. The summed E-state index contributed by atoms with van der Waals surface area (Å²) in [6.45, 7) is 0.492. The maximum Gasteiger partial charge on any atom is 0.251 e. The number of thiophene rings is 1. The standard InChI is InChI=1S/C18H19N3O2S/c22-11-14(6-13-4-5-24-12-13)8-19-18(23)16-3-1-2-15(7-16)17-9-20-21-10-17/h1-5,7,9-10,12,14,22H,6,8,11H2,(H,19,23)(H,20,21). The quantitative estimate of drug-likeness (QED) is 0.618. The molecule has 5 nitrogen and oxygen atoms in total. The van der Waals surface area contributed by atoms with E-state index in [9.17, 15) is 9.90 Å². The van der Waals surface area contributed by atoms with Gasteiger partial charge in [-0.2, -0.15) is 16.4 Å². The Labute approximate surface area is 144 Å². The van der Waals surface area contributed by atoms with Crippen molar-refractivity contribution in [2.45, 2.75) is 6.42 Å². The van der Waals surface area contributed by atoms with Crippen LogP contribution >= 0.6 is 11.3 Å². The van der Waals surface area contributed by atoms with Crippen molar-refractivity contribution in [3.8, 4) is 11.1 Å². The molecule has 0 fully saturated rings. The SMILES string of the molecule is O=C(NCC(CO)Cc1ccsc1)c1cccc(-c2cn[nH]c2)c1. The third kappa shape index (κ3) is 4.10. The summed E-state index contributed by atoms with van der Waals surface area (Å²) in [6.07, 6.45) is 4.27. The minimum Gasteiger partial charge on any atom is -0.396 e. The normalized spacial score (nSPS) is 12.0. The van der Waals surface area contributed by atoms with Crippen molar-refractivity contribution < 1.29 is 9.90 Å². The molecule has 1 unspecified atom stereocenters. The molecule has 0 aliphatic heterocycles. The first-order valence-corrected chi connectivity index (χ1v) is 8.70. The molecule has 0 spiro atoms. The maximum atomic E-state index is 12.4. The number of nitrogens with zero attached hydrogens (tertiary/aromatic N) is 1. The molecule has 0 saturated carbocycles. The van der Waals surface area contributed by atoms with Gasteiger partial charge in [0.25, 0.3) is 5.91 Å². The average Bonchev–Trinajstić information content (AvgIpc) is 3.32. The molecule has 1 atom stereocenters. The fraction of sp³-hybridized carbons (Fsp3) is 0.222. The number of H-pyrrole nitrogens is 1. The summed E-state index contributed by atoms with van der Waals surface area (Å²) in [6, 6.07) is 9.46. The minimum atomic E-state index is -0.135. The second-order valence-corrected chi connectivity index (χ2v) is 6.44. The third-order valence-corrected chi connectivity index (χ3v) is 4.60. The Morgan fingerprint density at radius 1 is 1.33 bits per heavy atom. The molecule has 1 amide bonds. The van der Waals surface area contributed by atoms with Gasteiger partial charge in [0.2, 0.25) is 0 Å². The first-order chi connectivity index (χ1) is 11.8. The highest BCUT2D eigenvalue weighted by molar-refractivity contribution is 7.07.